The first-order valence-corrected chi connectivity index (χ1v) is 7.52. The third kappa shape index (κ3) is 7.41. The Labute approximate surface area is 117 Å². The van der Waals surface area contributed by atoms with Gasteiger partial charge in [0.15, 0.2) is 0 Å². The monoisotopic (exact) mass is 271 g/mol. The molecular formula is C15H29NO3. The zero-order chi connectivity index (χ0) is 14.3. The molecule has 0 unspecified atom stereocenters. The quantitative estimate of drug-likeness (QED) is 0.777. The summed E-state index contributed by atoms with van der Waals surface area (Å²) in [5, 5.41) is 2.95. The van der Waals surface area contributed by atoms with E-state index in [0.29, 0.717) is 6.10 Å². The summed E-state index contributed by atoms with van der Waals surface area (Å²) in [5.74, 6) is 0. The molecule has 4 heteroatoms. The molecule has 1 rings (SSSR count). The Morgan fingerprint density at radius 2 is 1.84 bits per heavy atom. The molecule has 0 spiro atoms. The Balaban J connectivity index is 2.17. The molecule has 1 N–H and O–H groups in total. The summed E-state index contributed by atoms with van der Waals surface area (Å²) in [4.78, 5) is 11.7. The van der Waals surface area contributed by atoms with Crippen LogP contribution in [-0.2, 0) is 9.47 Å². The fourth-order valence-corrected chi connectivity index (χ4v) is 2.24. The van der Waals surface area contributed by atoms with Gasteiger partial charge in [-0.2, -0.15) is 0 Å². The van der Waals surface area contributed by atoms with Crippen LogP contribution in [-0.4, -0.2) is 30.4 Å². The molecule has 1 fully saturated rings. The van der Waals surface area contributed by atoms with Gasteiger partial charge in [-0.05, 0) is 52.9 Å². The highest BCUT2D eigenvalue weighted by molar-refractivity contribution is 5.68. The highest BCUT2D eigenvalue weighted by Crippen LogP contribution is 2.22. The van der Waals surface area contributed by atoms with E-state index in [2.05, 4.69) is 12.2 Å². The number of nitrogens with one attached hydrogen (secondary N) is 1. The molecule has 1 aliphatic carbocycles. The largest absolute Gasteiger partial charge is 0.444 e. The van der Waals surface area contributed by atoms with Gasteiger partial charge >= 0.3 is 6.09 Å². The number of hydrogen-bond acceptors (Lipinski definition) is 3. The van der Waals surface area contributed by atoms with E-state index in [0.717, 1.165) is 38.7 Å². The minimum atomic E-state index is -0.426. The summed E-state index contributed by atoms with van der Waals surface area (Å²) >= 11 is 0. The van der Waals surface area contributed by atoms with Gasteiger partial charge in [-0.25, -0.2) is 4.79 Å². The predicted molar refractivity (Wildman–Crippen MR) is 76.3 cm³/mol. The highest BCUT2D eigenvalue weighted by atomic mass is 16.6. The molecule has 0 aliphatic heterocycles. The molecule has 19 heavy (non-hydrogen) atoms. The lowest BCUT2D eigenvalue weighted by atomic mass is 9.93. The molecule has 1 saturated carbocycles. The minimum Gasteiger partial charge on any atom is -0.444 e. The molecule has 0 heterocycles. The topological polar surface area (TPSA) is 47.6 Å². The molecule has 0 atom stereocenters. The zero-order valence-electron chi connectivity index (χ0n) is 12.8. The molecule has 1 aliphatic rings. The van der Waals surface area contributed by atoms with Crippen LogP contribution in [0.15, 0.2) is 0 Å². The Hall–Kier alpha value is -0.770. The third-order valence-electron chi connectivity index (χ3n) is 3.25. The summed E-state index contributed by atoms with van der Waals surface area (Å²) in [5.41, 5.74) is -0.426. The first kappa shape index (κ1) is 16.3. The van der Waals surface area contributed by atoms with Gasteiger partial charge in [0.1, 0.15) is 5.60 Å². The van der Waals surface area contributed by atoms with Crippen LogP contribution < -0.4 is 5.32 Å². The molecule has 1 amide bonds. The molecule has 0 aromatic rings. The van der Waals surface area contributed by atoms with Crippen LogP contribution in [0.2, 0.25) is 0 Å². The molecule has 0 aromatic heterocycles. The molecule has 0 radical (unpaired) electrons. The summed E-state index contributed by atoms with van der Waals surface area (Å²) in [6.07, 6.45) is 6.41. The normalized spacial score (nSPS) is 24.0. The van der Waals surface area contributed by atoms with Crippen LogP contribution in [0.1, 0.15) is 66.2 Å². The predicted octanol–water partition coefficient (Wildman–Crippen LogP) is 3.64. The lowest BCUT2D eigenvalue weighted by molar-refractivity contribution is 0.0168. The number of ether oxygens (including phenoxy) is 2. The van der Waals surface area contributed by atoms with Crippen molar-refractivity contribution in [1.29, 1.82) is 0 Å². The maximum Gasteiger partial charge on any atom is 0.407 e. The van der Waals surface area contributed by atoms with E-state index in [1.165, 1.54) is 6.42 Å². The average Bonchev–Trinajstić information content (AvgIpc) is 2.29. The SMILES string of the molecule is CCCCOC1CCC(NC(=O)OC(C)(C)C)CC1. The Kier molecular flexibility index (Phi) is 6.63. The zero-order valence-corrected chi connectivity index (χ0v) is 12.8. The van der Waals surface area contributed by atoms with Crippen molar-refractivity contribution in [2.75, 3.05) is 6.61 Å². The van der Waals surface area contributed by atoms with Crippen LogP contribution in [0.3, 0.4) is 0 Å². The summed E-state index contributed by atoms with van der Waals surface area (Å²) in [7, 11) is 0. The van der Waals surface area contributed by atoms with Gasteiger partial charge in [-0.3, -0.25) is 0 Å². The molecule has 0 saturated heterocycles. The number of hydrogen-bond donors (Lipinski definition) is 1. The number of unbranched alkanes of at least 4 members (excludes halogenated alkanes) is 1. The van der Waals surface area contributed by atoms with Crippen LogP contribution in [0.25, 0.3) is 0 Å². The van der Waals surface area contributed by atoms with Gasteiger partial charge in [0.25, 0.3) is 0 Å². The van der Waals surface area contributed by atoms with Crippen LogP contribution in [0, 0.1) is 0 Å². The standard InChI is InChI=1S/C15H29NO3/c1-5-6-11-18-13-9-7-12(8-10-13)16-14(17)19-15(2,3)4/h12-13H,5-11H2,1-4H3,(H,16,17). The summed E-state index contributed by atoms with van der Waals surface area (Å²) in [6.45, 7) is 8.68. The van der Waals surface area contributed by atoms with Gasteiger partial charge in [-0.15, -0.1) is 0 Å². The summed E-state index contributed by atoms with van der Waals surface area (Å²) < 4.78 is 11.1. The van der Waals surface area contributed by atoms with E-state index in [-0.39, 0.29) is 12.1 Å². The van der Waals surface area contributed by atoms with E-state index < -0.39 is 5.60 Å². The van der Waals surface area contributed by atoms with Crippen molar-refractivity contribution < 1.29 is 14.3 Å². The Morgan fingerprint density at radius 3 is 2.37 bits per heavy atom. The number of rotatable bonds is 5. The average molecular weight is 271 g/mol. The fraction of sp³-hybridized carbons (Fsp3) is 0.933. The van der Waals surface area contributed by atoms with Gasteiger partial charge in [0, 0.05) is 12.6 Å². The first-order valence-electron chi connectivity index (χ1n) is 7.52. The first-order chi connectivity index (χ1) is 8.90. The van der Waals surface area contributed by atoms with E-state index in [1.54, 1.807) is 0 Å². The number of alkyl carbamates (subject to hydrolysis) is 1. The van der Waals surface area contributed by atoms with Crippen molar-refractivity contribution in [2.45, 2.75) is 84.0 Å². The van der Waals surface area contributed by atoms with Gasteiger partial charge in [0.05, 0.1) is 6.10 Å². The van der Waals surface area contributed by atoms with Crippen molar-refractivity contribution in [3.8, 4) is 0 Å². The number of carbonyl (C=O) groups is 1. The maximum atomic E-state index is 11.7. The van der Waals surface area contributed by atoms with Crippen molar-refractivity contribution in [3.63, 3.8) is 0 Å². The number of carbonyl (C=O) groups excluding carboxylic acids is 1. The third-order valence-corrected chi connectivity index (χ3v) is 3.25. The molecule has 112 valence electrons. The molecule has 0 bridgehead atoms. The van der Waals surface area contributed by atoms with Gasteiger partial charge < -0.3 is 14.8 Å². The van der Waals surface area contributed by atoms with Crippen molar-refractivity contribution >= 4 is 6.09 Å². The Bertz CT molecular complexity index is 265. The van der Waals surface area contributed by atoms with Gasteiger partial charge in [-0.1, -0.05) is 13.3 Å². The van der Waals surface area contributed by atoms with E-state index in [1.807, 2.05) is 20.8 Å². The van der Waals surface area contributed by atoms with Crippen molar-refractivity contribution in [3.05, 3.63) is 0 Å². The van der Waals surface area contributed by atoms with Crippen molar-refractivity contribution in [1.82, 2.24) is 5.32 Å². The highest BCUT2D eigenvalue weighted by Gasteiger charge is 2.24. The molecule has 4 nitrogen and oxygen atoms in total. The van der Waals surface area contributed by atoms with Crippen molar-refractivity contribution in [2.24, 2.45) is 0 Å². The smallest absolute Gasteiger partial charge is 0.407 e. The lowest BCUT2D eigenvalue weighted by Crippen LogP contribution is -2.41. The fourth-order valence-electron chi connectivity index (χ4n) is 2.24. The van der Waals surface area contributed by atoms with E-state index >= 15 is 0 Å². The maximum absolute atomic E-state index is 11.7. The lowest BCUT2D eigenvalue weighted by Gasteiger charge is -2.30. The summed E-state index contributed by atoms with van der Waals surface area (Å²) in [6, 6.07) is 0.237. The van der Waals surface area contributed by atoms with Crippen LogP contribution in [0.4, 0.5) is 4.79 Å². The minimum absolute atomic E-state index is 0.237. The van der Waals surface area contributed by atoms with E-state index in [4.69, 9.17) is 9.47 Å². The number of amides is 1. The van der Waals surface area contributed by atoms with Crippen LogP contribution >= 0.6 is 0 Å². The second kappa shape index (κ2) is 7.73. The Morgan fingerprint density at radius 1 is 1.21 bits per heavy atom. The van der Waals surface area contributed by atoms with Crippen LogP contribution in [0.5, 0.6) is 0 Å². The van der Waals surface area contributed by atoms with Gasteiger partial charge in [0.2, 0.25) is 0 Å². The van der Waals surface area contributed by atoms with E-state index in [9.17, 15) is 4.79 Å². The molecule has 0 aromatic carbocycles. The second-order valence-electron chi connectivity index (χ2n) is 6.34. The molecular weight excluding hydrogens is 242 g/mol. The second-order valence-corrected chi connectivity index (χ2v) is 6.34.